The van der Waals surface area contributed by atoms with E-state index in [0.29, 0.717) is 42.5 Å². The van der Waals surface area contributed by atoms with Crippen molar-refractivity contribution in [3.05, 3.63) is 70.7 Å². The molecule has 40 heavy (non-hydrogen) atoms. The van der Waals surface area contributed by atoms with Gasteiger partial charge in [0.1, 0.15) is 5.00 Å². The summed E-state index contributed by atoms with van der Waals surface area (Å²) in [4.78, 5) is 23.4. The first-order valence-corrected chi connectivity index (χ1v) is 13.2. The van der Waals surface area contributed by atoms with Gasteiger partial charge in [0.15, 0.2) is 5.69 Å². The number of ether oxygens (including phenoxy) is 1. The van der Waals surface area contributed by atoms with Gasteiger partial charge in [0, 0.05) is 17.7 Å². The van der Waals surface area contributed by atoms with Crippen LogP contribution >= 0.6 is 11.3 Å². The summed E-state index contributed by atoms with van der Waals surface area (Å²) in [7, 11) is 0. The number of fused-ring (bicyclic) bond motifs is 1. The van der Waals surface area contributed by atoms with Crippen LogP contribution in [0.4, 0.5) is 29.9 Å². The van der Waals surface area contributed by atoms with Crippen molar-refractivity contribution in [2.45, 2.75) is 25.3 Å². The van der Waals surface area contributed by atoms with Crippen molar-refractivity contribution in [3.63, 3.8) is 0 Å². The minimum atomic E-state index is -4.65. The molecule has 0 aliphatic carbocycles. The maximum absolute atomic E-state index is 13.6. The van der Waals surface area contributed by atoms with Crippen LogP contribution in [0.2, 0.25) is 0 Å². The molecule has 1 fully saturated rings. The number of nitrogens with one attached hydrogen (secondary N) is 2. The molecule has 2 aromatic carbocycles. The van der Waals surface area contributed by atoms with Gasteiger partial charge in [0.2, 0.25) is 11.2 Å². The Kier molecular flexibility index (Phi) is 6.72. The minimum Gasteiger partial charge on any atom is -0.402 e. The highest BCUT2D eigenvalue weighted by Crippen LogP contribution is 2.43. The lowest BCUT2D eigenvalue weighted by Crippen LogP contribution is -2.43. The molecular formula is C26H22F3N7O3S. The van der Waals surface area contributed by atoms with Gasteiger partial charge in [0.05, 0.1) is 30.7 Å². The van der Waals surface area contributed by atoms with Gasteiger partial charge >= 0.3 is 12.2 Å². The summed E-state index contributed by atoms with van der Waals surface area (Å²) in [6, 6.07) is 16.2. The third-order valence-electron chi connectivity index (χ3n) is 6.36. The second-order valence-corrected chi connectivity index (χ2v) is 10.1. The molecule has 2 aliphatic rings. The zero-order chi connectivity index (χ0) is 27.9. The molecule has 0 unspecified atom stereocenters. The molecule has 206 valence electrons. The molecule has 0 saturated carbocycles. The lowest BCUT2D eigenvalue weighted by molar-refractivity contribution is -0.137. The Morgan fingerprint density at radius 1 is 1.10 bits per heavy atom. The van der Waals surface area contributed by atoms with Gasteiger partial charge in [-0.25, -0.2) is 9.98 Å². The molecule has 2 atom stereocenters. The Morgan fingerprint density at radius 3 is 2.65 bits per heavy atom. The molecule has 4 aromatic rings. The van der Waals surface area contributed by atoms with Crippen LogP contribution in [0.25, 0.3) is 11.6 Å². The Bertz CT molecular complexity index is 1570. The average Bonchev–Trinajstić information content (AvgIpc) is 3.57. The molecular weight excluding hydrogens is 547 g/mol. The number of hydrogen-bond donors (Lipinski definition) is 2. The van der Waals surface area contributed by atoms with Crippen molar-refractivity contribution in [1.82, 2.24) is 15.2 Å². The van der Waals surface area contributed by atoms with Crippen molar-refractivity contribution in [1.29, 1.82) is 0 Å². The monoisotopic (exact) mass is 569 g/mol. The smallest absolute Gasteiger partial charge is 0.402 e. The van der Waals surface area contributed by atoms with Crippen molar-refractivity contribution in [3.8, 4) is 11.6 Å². The summed E-state index contributed by atoms with van der Waals surface area (Å²) >= 11 is 0.511. The Hall–Kier alpha value is -4.30. The van der Waals surface area contributed by atoms with E-state index in [9.17, 15) is 18.0 Å². The van der Waals surface area contributed by atoms with Crippen LogP contribution in [-0.2, 0) is 15.7 Å². The number of hydrogen-bond acceptors (Lipinski definition) is 10. The van der Waals surface area contributed by atoms with Crippen LogP contribution in [-0.4, -0.2) is 58.8 Å². The molecule has 4 heterocycles. The van der Waals surface area contributed by atoms with Crippen molar-refractivity contribution in [2.24, 2.45) is 4.99 Å². The lowest BCUT2D eigenvalue weighted by Gasteiger charge is -2.34. The second-order valence-electron chi connectivity index (χ2n) is 9.13. The van der Waals surface area contributed by atoms with Crippen molar-refractivity contribution < 1.29 is 27.1 Å². The summed E-state index contributed by atoms with van der Waals surface area (Å²) in [5.41, 5.74) is 2.57. The van der Waals surface area contributed by atoms with Gasteiger partial charge in [-0.1, -0.05) is 65.0 Å². The van der Waals surface area contributed by atoms with E-state index in [1.807, 2.05) is 49.4 Å². The number of halogens is 3. The zero-order valence-electron chi connectivity index (χ0n) is 21.0. The quantitative estimate of drug-likeness (QED) is 0.356. The highest BCUT2D eigenvalue weighted by atomic mass is 32.1. The Balaban J connectivity index is 1.34. The van der Waals surface area contributed by atoms with Crippen molar-refractivity contribution >= 4 is 39.7 Å². The van der Waals surface area contributed by atoms with E-state index in [2.05, 4.69) is 30.8 Å². The predicted octanol–water partition coefficient (Wildman–Crippen LogP) is 4.66. The van der Waals surface area contributed by atoms with Gasteiger partial charge in [-0.2, -0.15) is 13.2 Å². The molecule has 0 radical (unpaired) electrons. The SMILES string of the molecule is C[C@@H]1COCCN1c1sc(C(F)(F)F)nc1-c1nnc(N[C@@H]2N=C(c3ccccc3)c3ccccc3NC2=O)o1. The van der Waals surface area contributed by atoms with Gasteiger partial charge < -0.3 is 24.7 Å². The number of aliphatic imine (C=N–C) groups is 1. The fraction of sp³-hybridized carbons (Fsp3) is 0.269. The lowest BCUT2D eigenvalue weighted by atomic mass is 10.0. The van der Waals surface area contributed by atoms with E-state index in [0.717, 1.165) is 11.1 Å². The zero-order valence-corrected chi connectivity index (χ0v) is 21.8. The normalized spacial score (nSPS) is 19.4. The number of rotatable bonds is 5. The van der Waals surface area contributed by atoms with E-state index < -0.39 is 23.3 Å². The minimum absolute atomic E-state index is 0.0853. The molecule has 0 spiro atoms. The fourth-order valence-corrected chi connectivity index (χ4v) is 5.53. The molecule has 2 aromatic heterocycles. The number of benzene rings is 2. The number of benzodiazepines with no additional fused rings is 1. The van der Waals surface area contributed by atoms with Crippen LogP contribution < -0.4 is 15.5 Å². The molecule has 2 N–H and O–H groups in total. The van der Waals surface area contributed by atoms with Crippen LogP contribution in [0.1, 0.15) is 23.1 Å². The van der Waals surface area contributed by atoms with E-state index in [1.54, 1.807) is 17.0 Å². The molecule has 1 saturated heterocycles. The summed E-state index contributed by atoms with van der Waals surface area (Å²) in [6.45, 7) is 2.95. The van der Waals surface area contributed by atoms with Gasteiger partial charge in [-0.15, -0.1) is 5.10 Å². The number of aromatic nitrogens is 3. The van der Waals surface area contributed by atoms with Crippen LogP contribution in [0.3, 0.4) is 0 Å². The molecule has 14 heteroatoms. The fourth-order valence-electron chi connectivity index (χ4n) is 4.47. The predicted molar refractivity (Wildman–Crippen MR) is 143 cm³/mol. The third kappa shape index (κ3) is 5.02. The van der Waals surface area contributed by atoms with Gasteiger partial charge in [-0.05, 0) is 13.0 Å². The van der Waals surface area contributed by atoms with Crippen LogP contribution in [0, 0.1) is 0 Å². The molecule has 0 bridgehead atoms. The standard InChI is InChI=1S/C26H22F3N7O3S/c1-14-13-38-12-11-36(14)23-19(32-24(40-23)26(27,28)29)22-34-35-25(39-22)33-20-21(37)30-17-10-6-5-9-16(17)18(31-20)15-7-3-2-4-8-15/h2-10,14,20H,11-13H2,1H3,(H,30,37)(H,33,35)/t14-,20+/m1/s1. The summed E-state index contributed by atoms with van der Waals surface area (Å²) in [5.74, 6) is -0.693. The average molecular weight is 570 g/mol. The number of morpholine rings is 1. The maximum Gasteiger partial charge on any atom is 0.443 e. The van der Waals surface area contributed by atoms with E-state index in [-0.39, 0.29) is 28.6 Å². The van der Waals surface area contributed by atoms with Crippen LogP contribution in [0.15, 0.2) is 64.0 Å². The highest BCUT2D eigenvalue weighted by Gasteiger charge is 2.39. The van der Waals surface area contributed by atoms with Gasteiger partial charge in [0.25, 0.3) is 11.8 Å². The molecule has 1 amide bonds. The van der Waals surface area contributed by atoms with Crippen molar-refractivity contribution in [2.75, 3.05) is 35.3 Å². The number of para-hydroxylation sites is 1. The molecule has 6 rings (SSSR count). The van der Waals surface area contributed by atoms with E-state index >= 15 is 0 Å². The Labute approximate surface area is 229 Å². The topological polar surface area (TPSA) is 118 Å². The molecule has 10 nitrogen and oxygen atoms in total. The maximum atomic E-state index is 13.6. The first-order valence-electron chi connectivity index (χ1n) is 12.3. The first kappa shape index (κ1) is 26.0. The Morgan fingerprint density at radius 2 is 1.88 bits per heavy atom. The van der Waals surface area contributed by atoms with E-state index in [1.165, 1.54) is 0 Å². The summed E-state index contributed by atoms with van der Waals surface area (Å²) in [5, 5.41) is 12.8. The summed E-state index contributed by atoms with van der Waals surface area (Å²) in [6.07, 6.45) is -5.82. The van der Waals surface area contributed by atoms with E-state index in [4.69, 9.17) is 9.15 Å². The largest absolute Gasteiger partial charge is 0.443 e. The number of amides is 1. The number of thiazole rings is 1. The second kappa shape index (κ2) is 10.4. The third-order valence-corrected chi connectivity index (χ3v) is 7.50. The molecule has 2 aliphatic heterocycles. The number of anilines is 3. The number of carbonyl (C=O) groups excluding carboxylic acids is 1. The number of alkyl halides is 3. The summed E-state index contributed by atoms with van der Waals surface area (Å²) < 4.78 is 52.0. The first-order chi connectivity index (χ1) is 19.3. The number of carbonyl (C=O) groups is 1. The highest BCUT2D eigenvalue weighted by molar-refractivity contribution is 7.16. The number of nitrogens with zero attached hydrogens (tertiary/aromatic N) is 5. The van der Waals surface area contributed by atoms with Gasteiger partial charge in [-0.3, -0.25) is 4.79 Å². The van der Waals surface area contributed by atoms with Crippen LogP contribution in [0.5, 0.6) is 0 Å².